The Hall–Kier alpha value is -2.69. The standard InChI is InChI=1S/C15H14N2O3/c1-2-20-15(19)13-10-12(16-17-13)8-9-14(18)11-6-4-3-5-7-11/h3-10H,2H2,1H3,(H,16,17). The lowest BCUT2D eigenvalue weighted by Gasteiger charge is -1.95. The lowest BCUT2D eigenvalue weighted by atomic mass is 10.1. The maximum atomic E-state index is 11.8. The molecule has 0 amide bonds. The first kappa shape index (κ1) is 13.7. The lowest BCUT2D eigenvalue weighted by Crippen LogP contribution is -2.04. The molecule has 0 saturated carbocycles. The Morgan fingerprint density at radius 2 is 2.05 bits per heavy atom. The number of benzene rings is 1. The highest BCUT2D eigenvalue weighted by molar-refractivity contribution is 6.06. The second-order valence-electron chi connectivity index (χ2n) is 3.99. The minimum Gasteiger partial charge on any atom is -0.461 e. The van der Waals surface area contributed by atoms with E-state index in [0.29, 0.717) is 17.9 Å². The SMILES string of the molecule is CCOC(=O)c1cc(C=CC(=O)c2ccccc2)n[nH]1. The second kappa shape index (κ2) is 6.47. The van der Waals surface area contributed by atoms with Gasteiger partial charge in [-0.1, -0.05) is 30.3 Å². The molecule has 0 bridgehead atoms. The van der Waals surface area contributed by atoms with Crippen molar-refractivity contribution < 1.29 is 14.3 Å². The summed E-state index contributed by atoms with van der Waals surface area (Å²) < 4.78 is 4.83. The molecular formula is C15H14N2O3. The number of rotatable bonds is 5. The summed E-state index contributed by atoms with van der Waals surface area (Å²) in [7, 11) is 0. The molecule has 0 spiro atoms. The minimum atomic E-state index is -0.464. The number of H-pyrrole nitrogens is 1. The van der Waals surface area contributed by atoms with Crippen LogP contribution in [-0.4, -0.2) is 28.6 Å². The molecule has 1 N–H and O–H groups in total. The molecule has 1 aromatic carbocycles. The first-order valence-electron chi connectivity index (χ1n) is 6.20. The molecule has 0 saturated heterocycles. The van der Waals surface area contributed by atoms with Gasteiger partial charge in [0.05, 0.1) is 12.3 Å². The Balaban J connectivity index is 2.05. The smallest absolute Gasteiger partial charge is 0.356 e. The average Bonchev–Trinajstić information content (AvgIpc) is 2.95. The second-order valence-corrected chi connectivity index (χ2v) is 3.99. The predicted molar refractivity (Wildman–Crippen MR) is 74.4 cm³/mol. The van der Waals surface area contributed by atoms with Gasteiger partial charge >= 0.3 is 5.97 Å². The Bertz CT molecular complexity index is 630. The molecule has 0 fully saturated rings. The van der Waals surface area contributed by atoms with Crippen molar-refractivity contribution in [1.82, 2.24) is 10.2 Å². The summed E-state index contributed by atoms with van der Waals surface area (Å²) in [4.78, 5) is 23.3. The molecule has 1 heterocycles. The molecule has 2 aromatic rings. The molecule has 1 aromatic heterocycles. The number of ketones is 1. The van der Waals surface area contributed by atoms with Crippen molar-refractivity contribution in [3.05, 3.63) is 59.4 Å². The number of aromatic nitrogens is 2. The van der Waals surface area contributed by atoms with Crippen LogP contribution in [0.2, 0.25) is 0 Å². The number of esters is 1. The van der Waals surface area contributed by atoms with E-state index >= 15 is 0 Å². The highest BCUT2D eigenvalue weighted by atomic mass is 16.5. The number of aromatic amines is 1. The maximum absolute atomic E-state index is 11.8. The van der Waals surface area contributed by atoms with Crippen molar-refractivity contribution in [3.8, 4) is 0 Å². The lowest BCUT2D eigenvalue weighted by molar-refractivity contribution is 0.0519. The molecule has 0 aliphatic rings. The topological polar surface area (TPSA) is 72.1 Å². The molecular weight excluding hydrogens is 256 g/mol. The van der Waals surface area contributed by atoms with Crippen molar-refractivity contribution in [3.63, 3.8) is 0 Å². The summed E-state index contributed by atoms with van der Waals surface area (Å²) in [6.07, 6.45) is 2.97. The van der Waals surface area contributed by atoms with E-state index in [4.69, 9.17) is 4.74 Å². The fourth-order valence-electron chi connectivity index (χ4n) is 1.60. The number of nitrogens with one attached hydrogen (secondary N) is 1. The molecule has 0 radical (unpaired) electrons. The molecule has 2 rings (SSSR count). The number of nitrogens with zero attached hydrogens (tertiary/aromatic N) is 1. The highest BCUT2D eigenvalue weighted by Gasteiger charge is 2.09. The third-order valence-corrected chi connectivity index (χ3v) is 2.56. The van der Waals surface area contributed by atoms with Gasteiger partial charge in [0.1, 0.15) is 5.69 Å². The van der Waals surface area contributed by atoms with Crippen LogP contribution in [0.5, 0.6) is 0 Å². The van der Waals surface area contributed by atoms with Crippen LogP contribution in [0.1, 0.15) is 33.5 Å². The molecule has 20 heavy (non-hydrogen) atoms. The van der Waals surface area contributed by atoms with Crippen LogP contribution in [0, 0.1) is 0 Å². The van der Waals surface area contributed by atoms with Gasteiger partial charge in [0.15, 0.2) is 5.78 Å². The number of carbonyl (C=O) groups excluding carboxylic acids is 2. The van der Waals surface area contributed by atoms with Crippen LogP contribution in [0.4, 0.5) is 0 Å². The predicted octanol–water partition coefficient (Wildman–Crippen LogP) is 2.48. The van der Waals surface area contributed by atoms with Crippen LogP contribution in [0.3, 0.4) is 0 Å². The van der Waals surface area contributed by atoms with Crippen LogP contribution in [0.25, 0.3) is 6.08 Å². The summed E-state index contributed by atoms with van der Waals surface area (Å²) in [5.74, 6) is -0.583. The Morgan fingerprint density at radius 1 is 1.30 bits per heavy atom. The summed E-state index contributed by atoms with van der Waals surface area (Å²) in [6, 6.07) is 10.5. The zero-order valence-electron chi connectivity index (χ0n) is 11.0. The van der Waals surface area contributed by atoms with E-state index in [0.717, 1.165) is 0 Å². The number of ether oxygens (including phenoxy) is 1. The van der Waals surface area contributed by atoms with Gasteiger partial charge in [0.2, 0.25) is 0 Å². The van der Waals surface area contributed by atoms with Crippen LogP contribution in [0.15, 0.2) is 42.5 Å². The third kappa shape index (κ3) is 3.41. The molecule has 0 aliphatic carbocycles. The number of allylic oxidation sites excluding steroid dienone is 1. The van der Waals surface area contributed by atoms with E-state index in [1.807, 2.05) is 6.07 Å². The summed E-state index contributed by atoms with van der Waals surface area (Å²) in [5, 5.41) is 6.49. The quantitative estimate of drug-likeness (QED) is 0.514. The van der Waals surface area contributed by atoms with E-state index in [2.05, 4.69) is 10.2 Å². The van der Waals surface area contributed by atoms with E-state index < -0.39 is 5.97 Å². The fourth-order valence-corrected chi connectivity index (χ4v) is 1.60. The number of hydrogen-bond donors (Lipinski definition) is 1. The van der Waals surface area contributed by atoms with Crippen molar-refractivity contribution in [2.24, 2.45) is 0 Å². The van der Waals surface area contributed by atoms with Crippen LogP contribution >= 0.6 is 0 Å². The van der Waals surface area contributed by atoms with Crippen LogP contribution < -0.4 is 0 Å². The Labute approximate surface area is 116 Å². The Kier molecular flexibility index (Phi) is 4.44. The first-order valence-corrected chi connectivity index (χ1v) is 6.20. The fraction of sp³-hybridized carbons (Fsp3) is 0.133. The average molecular weight is 270 g/mol. The molecule has 102 valence electrons. The van der Waals surface area contributed by atoms with Crippen molar-refractivity contribution in [2.75, 3.05) is 6.61 Å². The number of hydrogen-bond acceptors (Lipinski definition) is 4. The van der Waals surface area contributed by atoms with Gasteiger partial charge in [-0.25, -0.2) is 4.79 Å². The molecule has 5 nitrogen and oxygen atoms in total. The van der Waals surface area contributed by atoms with Gasteiger partial charge < -0.3 is 4.74 Å². The maximum Gasteiger partial charge on any atom is 0.356 e. The van der Waals surface area contributed by atoms with Crippen LogP contribution in [-0.2, 0) is 4.74 Å². The third-order valence-electron chi connectivity index (χ3n) is 2.56. The molecule has 0 aliphatic heterocycles. The van der Waals surface area contributed by atoms with E-state index in [9.17, 15) is 9.59 Å². The molecule has 5 heteroatoms. The summed E-state index contributed by atoms with van der Waals surface area (Å²) in [6.45, 7) is 2.03. The minimum absolute atomic E-state index is 0.119. The van der Waals surface area contributed by atoms with Crippen molar-refractivity contribution in [1.29, 1.82) is 0 Å². The summed E-state index contributed by atoms with van der Waals surface area (Å²) in [5.41, 5.74) is 1.36. The van der Waals surface area contributed by atoms with Gasteiger partial charge in [-0.05, 0) is 25.1 Å². The largest absolute Gasteiger partial charge is 0.461 e. The molecule has 0 unspecified atom stereocenters. The molecule has 0 atom stereocenters. The van der Waals surface area contributed by atoms with E-state index in [-0.39, 0.29) is 11.5 Å². The Morgan fingerprint density at radius 3 is 2.75 bits per heavy atom. The highest BCUT2D eigenvalue weighted by Crippen LogP contribution is 2.06. The van der Waals surface area contributed by atoms with Gasteiger partial charge in [-0.15, -0.1) is 0 Å². The zero-order valence-corrected chi connectivity index (χ0v) is 11.0. The van der Waals surface area contributed by atoms with E-state index in [1.165, 1.54) is 12.1 Å². The first-order chi connectivity index (χ1) is 9.70. The monoisotopic (exact) mass is 270 g/mol. The van der Waals surface area contributed by atoms with Gasteiger partial charge in [0.25, 0.3) is 0 Å². The van der Waals surface area contributed by atoms with Gasteiger partial charge in [-0.2, -0.15) is 5.10 Å². The van der Waals surface area contributed by atoms with Gasteiger partial charge in [0, 0.05) is 5.56 Å². The van der Waals surface area contributed by atoms with Gasteiger partial charge in [-0.3, -0.25) is 9.89 Å². The van der Waals surface area contributed by atoms with Crippen molar-refractivity contribution >= 4 is 17.8 Å². The van der Waals surface area contributed by atoms with Crippen molar-refractivity contribution in [2.45, 2.75) is 6.92 Å². The summed E-state index contributed by atoms with van der Waals surface area (Å²) >= 11 is 0. The van der Waals surface area contributed by atoms with E-state index in [1.54, 1.807) is 37.3 Å². The normalized spacial score (nSPS) is 10.7. The zero-order chi connectivity index (χ0) is 14.4. The number of carbonyl (C=O) groups is 2.